The second kappa shape index (κ2) is 9.69. The molecule has 2 rings (SSSR count). The summed E-state index contributed by atoms with van der Waals surface area (Å²) in [6.45, 7) is 0.860. The van der Waals surface area contributed by atoms with Crippen molar-refractivity contribution in [3.8, 4) is 0 Å². The molecule has 0 radical (unpaired) electrons. The van der Waals surface area contributed by atoms with Crippen molar-refractivity contribution in [3.63, 3.8) is 0 Å². The van der Waals surface area contributed by atoms with E-state index in [0.29, 0.717) is 25.1 Å². The van der Waals surface area contributed by atoms with Gasteiger partial charge in [-0.15, -0.1) is 11.8 Å². The third-order valence-electron chi connectivity index (χ3n) is 3.11. The van der Waals surface area contributed by atoms with Gasteiger partial charge in [-0.25, -0.2) is 0 Å². The van der Waals surface area contributed by atoms with Crippen LogP contribution in [0.15, 0.2) is 65.6 Å². The lowest BCUT2D eigenvalue weighted by Gasteiger charge is -2.07. The van der Waals surface area contributed by atoms with E-state index in [1.807, 2.05) is 48.5 Å². The predicted octanol–water partition coefficient (Wildman–Crippen LogP) is 2.72. The smallest absolute Gasteiger partial charge is 0.251 e. The first-order valence-electron chi connectivity index (χ1n) is 7.53. The molecule has 120 valence electrons. The summed E-state index contributed by atoms with van der Waals surface area (Å²) in [7, 11) is 0. The molecule has 0 unspecified atom stereocenters. The molecule has 4 nitrogen and oxygen atoms in total. The fourth-order valence-corrected chi connectivity index (χ4v) is 2.81. The Hall–Kier alpha value is -2.27. The molecule has 0 bridgehead atoms. The van der Waals surface area contributed by atoms with Crippen LogP contribution in [0.5, 0.6) is 0 Å². The highest BCUT2D eigenvalue weighted by molar-refractivity contribution is 7.99. The van der Waals surface area contributed by atoms with Crippen molar-refractivity contribution in [2.24, 2.45) is 0 Å². The summed E-state index contributed by atoms with van der Waals surface area (Å²) in [4.78, 5) is 24.7. The summed E-state index contributed by atoms with van der Waals surface area (Å²) in [6.07, 6.45) is 0.464. The van der Waals surface area contributed by atoms with Gasteiger partial charge < -0.3 is 10.6 Å². The Morgan fingerprint density at radius 3 is 2.13 bits per heavy atom. The van der Waals surface area contributed by atoms with E-state index in [-0.39, 0.29) is 11.8 Å². The summed E-state index contributed by atoms with van der Waals surface area (Å²) in [5.74, 6) is 0.619. The number of nitrogens with one attached hydrogen (secondary N) is 2. The molecule has 0 aromatic heterocycles. The Kier molecular flexibility index (Phi) is 7.20. The van der Waals surface area contributed by atoms with Gasteiger partial charge in [-0.2, -0.15) is 0 Å². The molecule has 0 saturated heterocycles. The molecule has 0 heterocycles. The molecule has 0 spiro atoms. The van der Waals surface area contributed by atoms with Crippen LogP contribution in [0.2, 0.25) is 0 Å². The molecule has 0 aliphatic heterocycles. The fourth-order valence-electron chi connectivity index (χ4n) is 1.94. The lowest BCUT2D eigenvalue weighted by Crippen LogP contribution is -2.34. The molecule has 0 aliphatic rings. The van der Waals surface area contributed by atoms with E-state index in [9.17, 15) is 9.59 Å². The van der Waals surface area contributed by atoms with Crippen LogP contribution >= 0.6 is 11.8 Å². The second-order valence-corrected chi connectivity index (χ2v) is 6.05. The lowest BCUT2D eigenvalue weighted by molar-refractivity contribution is -0.120. The average Bonchev–Trinajstić information content (AvgIpc) is 2.60. The second-order valence-electron chi connectivity index (χ2n) is 4.88. The van der Waals surface area contributed by atoms with Crippen LogP contribution in [0.4, 0.5) is 0 Å². The number of benzene rings is 2. The first kappa shape index (κ1) is 17.1. The van der Waals surface area contributed by atoms with Crippen LogP contribution in [-0.2, 0) is 4.79 Å². The Bertz CT molecular complexity index is 617. The predicted molar refractivity (Wildman–Crippen MR) is 93.6 cm³/mol. The van der Waals surface area contributed by atoms with Gasteiger partial charge in [0, 0.05) is 35.7 Å². The van der Waals surface area contributed by atoms with Crippen molar-refractivity contribution in [1.29, 1.82) is 0 Å². The Labute approximate surface area is 140 Å². The van der Waals surface area contributed by atoms with Gasteiger partial charge in [0.05, 0.1) is 0 Å². The maximum atomic E-state index is 11.8. The van der Waals surface area contributed by atoms with Crippen molar-refractivity contribution in [2.45, 2.75) is 11.3 Å². The molecule has 5 heteroatoms. The van der Waals surface area contributed by atoms with E-state index in [2.05, 4.69) is 10.6 Å². The third kappa shape index (κ3) is 6.57. The molecule has 2 aromatic carbocycles. The number of carbonyl (C=O) groups excluding carboxylic acids is 2. The third-order valence-corrected chi connectivity index (χ3v) is 4.12. The van der Waals surface area contributed by atoms with Gasteiger partial charge in [-0.1, -0.05) is 36.4 Å². The van der Waals surface area contributed by atoms with Crippen LogP contribution in [0, 0.1) is 0 Å². The van der Waals surface area contributed by atoms with Gasteiger partial charge >= 0.3 is 0 Å². The Morgan fingerprint density at radius 1 is 0.826 bits per heavy atom. The standard InChI is InChI=1S/C18H20N2O2S/c21-17(11-14-23-16-9-5-2-6-10-16)19-12-13-20-18(22)15-7-3-1-4-8-15/h1-10H,11-14H2,(H,19,21)(H,20,22). The Balaban J connectivity index is 1.55. The minimum absolute atomic E-state index is 0.00221. The fraction of sp³-hybridized carbons (Fsp3) is 0.222. The average molecular weight is 328 g/mol. The highest BCUT2D eigenvalue weighted by Crippen LogP contribution is 2.17. The number of hydrogen-bond acceptors (Lipinski definition) is 3. The van der Waals surface area contributed by atoms with E-state index in [0.717, 1.165) is 10.6 Å². The molecule has 0 fully saturated rings. The van der Waals surface area contributed by atoms with Crippen molar-refractivity contribution >= 4 is 23.6 Å². The minimum Gasteiger partial charge on any atom is -0.354 e. The zero-order valence-corrected chi connectivity index (χ0v) is 13.6. The molecular weight excluding hydrogens is 308 g/mol. The monoisotopic (exact) mass is 328 g/mol. The van der Waals surface area contributed by atoms with Crippen molar-refractivity contribution in [3.05, 3.63) is 66.2 Å². The van der Waals surface area contributed by atoms with E-state index >= 15 is 0 Å². The van der Waals surface area contributed by atoms with Gasteiger partial charge in [0.1, 0.15) is 0 Å². The molecule has 2 amide bonds. The molecule has 0 atom stereocenters. The highest BCUT2D eigenvalue weighted by atomic mass is 32.2. The lowest BCUT2D eigenvalue weighted by atomic mass is 10.2. The number of amides is 2. The van der Waals surface area contributed by atoms with Gasteiger partial charge in [-0.05, 0) is 24.3 Å². The topological polar surface area (TPSA) is 58.2 Å². The van der Waals surface area contributed by atoms with Gasteiger partial charge in [-0.3, -0.25) is 9.59 Å². The number of rotatable bonds is 8. The quantitative estimate of drug-likeness (QED) is 0.579. The van der Waals surface area contributed by atoms with Crippen LogP contribution in [0.1, 0.15) is 16.8 Å². The first-order valence-corrected chi connectivity index (χ1v) is 8.52. The maximum absolute atomic E-state index is 11.8. The highest BCUT2D eigenvalue weighted by Gasteiger charge is 2.04. The van der Waals surface area contributed by atoms with Crippen molar-refractivity contribution in [2.75, 3.05) is 18.8 Å². The minimum atomic E-state index is -0.125. The molecule has 23 heavy (non-hydrogen) atoms. The maximum Gasteiger partial charge on any atom is 0.251 e. The van der Waals surface area contributed by atoms with E-state index in [4.69, 9.17) is 0 Å². The van der Waals surface area contributed by atoms with Crippen LogP contribution in [0.25, 0.3) is 0 Å². The zero-order chi connectivity index (χ0) is 16.3. The van der Waals surface area contributed by atoms with E-state index in [1.165, 1.54) is 0 Å². The van der Waals surface area contributed by atoms with Crippen molar-refractivity contribution < 1.29 is 9.59 Å². The molecule has 0 aliphatic carbocycles. The van der Waals surface area contributed by atoms with E-state index < -0.39 is 0 Å². The summed E-state index contributed by atoms with van der Waals surface area (Å²) >= 11 is 1.66. The molecule has 2 N–H and O–H groups in total. The molecule has 0 saturated carbocycles. The van der Waals surface area contributed by atoms with Crippen LogP contribution < -0.4 is 10.6 Å². The van der Waals surface area contributed by atoms with Crippen LogP contribution in [-0.4, -0.2) is 30.7 Å². The van der Waals surface area contributed by atoms with Gasteiger partial charge in [0.25, 0.3) is 5.91 Å². The molecule has 2 aromatic rings. The number of thioether (sulfide) groups is 1. The normalized spacial score (nSPS) is 10.1. The van der Waals surface area contributed by atoms with Gasteiger partial charge in [0.15, 0.2) is 0 Å². The largest absolute Gasteiger partial charge is 0.354 e. The van der Waals surface area contributed by atoms with Crippen molar-refractivity contribution in [1.82, 2.24) is 10.6 Å². The number of carbonyl (C=O) groups is 2. The van der Waals surface area contributed by atoms with E-state index in [1.54, 1.807) is 23.9 Å². The summed E-state index contributed by atoms with van der Waals surface area (Å²) < 4.78 is 0. The number of hydrogen-bond donors (Lipinski definition) is 2. The first-order chi connectivity index (χ1) is 11.3. The summed E-state index contributed by atoms with van der Waals surface area (Å²) in [6, 6.07) is 19.0. The Morgan fingerprint density at radius 2 is 1.43 bits per heavy atom. The summed E-state index contributed by atoms with van der Waals surface area (Å²) in [5.41, 5.74) is 0.623. The van der Waals surface area contributed by atoms with Crippen LogP contribution in [0.3, 0.4) is 0 Å². The summed E-state index contributed by atoms with van der Waals surface area (Å²) in [5, 5.41) is 5.59. The van der Waals surface area contributed by atoms with Gasteiger partial charge in [0.2, 0.25) is 5.91 Å². The molecular formula is C18H20N2O2S. The zero-order valence-electron chi connectivity index (χ0n) is 12.8. The SMILES string of the molecule is O=C(CCSc1ccccc1)NCCNC(=O)c1ccccc1.